The minimum atomic E-state index is 0.431. The zero-order valence-corrected chi connectivity index (χ0v) is 24.1. The molecule has 0 saturated heterocycles. The molecular formula is C36H27N5S. The Morgan fingerprint density at radius 3 is 1.88 bits per heavy atom. The molecule has 0 unspecified atom stereocenters. The van der Waals surface area contributed by atoms with Crippen molar-refractivity contribution < 1.29 is 0 Å². The molecule has 0 aliphatic heterocycles. The van der Waals surface area contributed by atoms with Crippen LogP contribution in [-0.2, 0) is 0 Å². The van der Waals surface area contributed by atoms with Crippen LogP contribution in [0.5, 0.6) is 0 Å². The van der Waals surface area contributed by atoms with E-state index in [0.29, 0.717) is 5.92 Å². The van der Waals surface area contributed by atoms with Crippen LogP contribution in [0.3, 0.4) is 0 Å². The molecule has 8 aromatic rings. The predicted octanol–water partition coefficient (Wildman–Crippen LogP) is 9.34. The summed E-state index contributed by atoms with van der Waals surface area (Å²) in [5.41, 5.74) is 6.62. The van der Waals surface area contributed by atoms with Gasteiger partial charge in [-0.15, -0.1) is 0 Å². The first-order valence-electron chi connectivity index (χ1n) is 14.1. The Morgan fingerprint density at radius 2 is 1.21 bits per heavy atom. The maximum Gasteiger partial charge on any atom is 0.138 e. The van der Waals surface area contributed by atoms with Gasteiger partial charge in [0.2, 0.25) is 0 Å². The number of nitrogens with zero attached hydrogens (tertiary/aromatic N) is 5. The van der Waals surface area contributed by atoms with Crippen LogP contribution < -0.4 is 0 Å². The van der Waals surface area contributed by atoms with Gasteiger partial charge in [-0.25, -0.2) is 9.97 Å². The van der Waals surface area contributed by atoms with Crippen molar-refractivity contribution in [2.75, 3.05) is 0 Å². The molecule has 0 saturated carbocycles. The van der Waals surface area contributed by atoms with E-state index in [-0.39, 0.29) is 0 Å². The van der Waals surface area contributed by atoms with Crippen LogP contribution in [0.25, 0.3) is 55.4 Å². The van der Waals surface area contributed by atoms with Crippen molar-refractivity contribution in [3.8, 4) is 11.6 Å². The molecule has 0 spiro atoms. The molecule has 5 nitrogen and oxygen atoms in total. The van der Waals surface area contributed by atoms with Gasteiger partial charge in [0.05, 0.1) is 27.6 Å². The smallest absolute Gasteiger partial charge is 0.138 e. The zero-order chi connectivity index (χ0) is 28.2. The van der Waals surface area contributed by atoms with E-state index in [0.717, 1.165) is 54.5 Å². The minimum Gasteiger partial charge on any atom is -0.294 e. The first kappa shape index (κ1) is 24.8. The van der Waals surface area contributed by atoms with Crippen LogP contribution in [0.4, 0.5) is 0 Å². The number of aromatic nitrogens is 5. The lowest BCUT2D eigenvalue weighted by Crippen LogP contribution is -1.99. The van der Waals surface area contributed by atoms with Crippen molar-refractivity contribution in [2.45, 2.75) is 29.7 Å². The quantitative estimate of drug-likeness (QED) is 0.210. The normalized spacial score (nSPS) is 11.9. The third kappa shape index (κ3) is 3.98. The summed E-state index contributed by atoms with van der Waals surface area (Å²) in [6.07, 6.45) is 3.94. The highest BCUT2D eigenvalue weighted by Gasteiger charge is 2.16. The summed E-state index contributed by atoms with van der Waals surface area (Å²) >= 11 is 1.62. The fraction of sp³-hybridized carbons (Fsp3) is 0.0833. The number of benzene rings is 3. The fourth-order valence-electron chi connectivity index (χ4n) is 5.86. The van der Waals surface area contributed by atoms with Gasteiger partial charge in [0, 0.05) is 33.4 Å². The van der Waals surface area contributed by atoms with Crippen molar-refractivity contribution >= 4 is 55.5 Å². The number of fused-ring (bicyclic) bond motifs is 6. The SMILES string of the molecule is CC(C)c1ccc(-n2c3ccccc3c3ncc(Sc4cccc(-n5c6ccccc6c6ccccc65)n4)cc32)nc1. The summed E-state index contributed by atoms with van der Waals surface area (Å²) in [5, 5.41) is 4.49. The van der Waals surface area contributed by atoms with Crippen LogP contribution in [0.15, 0.2) is 132 Å². The van der Waals surface area contributed by atoms with Crippen LogP contribution in [0, 0.1) is 0 Å². The van der Waals surface area contributed by atoms with Crippen LogP contribution in [-0.4, -0.2) is 24.1 Å². The molecule has 0 radical (unpaired) electrons. The van der Waals surface area contributed by atoms with Crippen LogP contribution in [0.1, 0.15) is 25.3 Å². The molecular weight excluding hydrogens is 534 g/mol. The van der Waals surface area contributed by atoms with E-state index in [1.54, 1.807) is 11.8 Å². The summed E-state index contributed by atoms with van der Waals surface area (Å²) in [6, 6.07) is 38.2. The average molecular weight is 562 g/mol. The molecule has 5 heterocycles. The minimum absolute atomic E-state index is 0.431. The van der Waals surface area contributed by atoms with Gasteiger partial charge in [-0.3, -0.25) is 14.1 Å². The number of rotatable bonds is 5. The van der Waals surface area contributed by atoms with E-state index in [9.17, 15) is 0 Å². The van der Waals surface area contributed by atoms with Gasteiger partial charge < -0.3 is 0 Å². The standard InChI is InChI=1S/C36H27N5S/c1-23(2)24-18-19-33(37-21-24)41-31-15-8-5-12-28(31)36-32(41)20-25(22-38-36)42-35-17-9-16-34(39-35)40-29-13-6-3-10-26(29)27-11-4-7-14-30(27)40/h3-23H,1-2H3. The second kappa shape index (κ2) is 9.86. The Labute approximate surface area is 247 Å². The van der Waals surface area contributed by atoms with Crippen LogP contribution in [0.2, 0.25) is 0 Å². The zero-order valence-electron chi connectivity index (χ0n) is 23.3. The van der Waals surface area contributed by atoms with Crippen molar-refractivity contribution in [3.05, 3.63) is 127 Å². The molecule has 0 fully saturated rings. The van der Waals surface area contributed by atoms with Gasteiger partial charge in [0.15, 0.2) is 0 Å². The largest absolute Gasteiger partial charge is 0.294 e. The lowest BCUT2D eigenvalue weighted by molar-refractivity contribution is 0.854. The first-order chi connectivity index (χ1) is 20.7. The second-order valence-electron chi connectivity index (χ2n) is 10.8. The Balaban J connectivity index is 1.23. The van der Waals surface area contributed by atoms with Gasteiger partial charge in [0.25, 0.3) is 0 Å². The predicted molar refractivity (Wildman–Crippen MR) is 173 cm³/mol. The van der Waals surface area contributed by atoms with Gasteiger partial charge in [-0.05, 0) is 53.9 Å². The van der Waals surface area contributed by atoms with E-state index in [2.05, 4.69) is 132 Å². The molecule has 3 aromatic carbocycles. The summed E-state index contributed by atoms with van der Waals surface area (Å²) in [4.78, 5) is 16.0. The summed E-state index contributed by atoms with van der Waals surface area (Å²) in [7, 11) is 0. The topological polar surface area (TPSA) is 48.5 Å². The van der Waals surface area contributed by atoms with E-state index in [4.69, 9.17) is 15.0 Å². The monoisotopic (exact) mass is 561 g/mol. The molecule has 0 amide bonds. The first-order valence-corrected chi connectivity index (χ1v) is 15.0. The van der Waals surface area contributed by atoms with Crippen molar-refractivity contribution in [1.82, 2.24) is 24.1 Å². The molecule has 202 valence electrons. The summed E-state index contributed by atoms with van der Waals surface area (Å²) < 4.78 is 4.47. The molecule has 0 aliphatic carbocycles. The average Bonchev–Trinajstić information content (AvgIpc) is 3.54. The van der Waals surface area contributed by atoms with Gasteiger partial charge in [-0.1, -0.05) is 92.3 Å². The fourth-order valence-corrected chi connectivity index (χ4v) is 6.66. The molecule has 0 atom stereocenters. The highest BCUT2D eigenvalue weighted by molar-refractivity contribution is 7.99. The molecule has 0 bridgehead atoms. The molecule has 0 aliphatic rings. The number of para-hydroxylation sites is 3. The van der Waals surface area contributed by atoms with E-state index < -0.39 is 0 Å². The lowest BCUT2D eigenvalue weighted by Gasteiger charge is -2.10. The Kier molecular flexibility index (Phi) is 5.83. The van der Waals surface area contributed by atoms with Crippen molar-refractivity contribution in [1.29, 1.82) is 0 Å². The number of hydrogen-bond acceptors (Lipinski definition) is 4. The molecule has 8 rings (SSSR count). The third-order valence-corrected chi connectivity index (χ3v) is 8.79. The Morgan fingerprint density at radius 1 is 0.571 bits per heavy atom. The van der Waals surface area contributed by atoms with E-state index in [1.807, 2.05) is 12.4 Å². The van der Waals surface area contributed by atoms with Gasteiger partial charge in [-0.2, -0.15) is 0 Å². The van der Waals surface area contributed by atoms with Crippen LogP contribution >= 0.6 is 11.8 Å². The van der Waals surface area contributed by atoms with Crippen molar-refractivity contribution in [2.24, 2.45) is 0 Å². The van der Waals surface area contributed by atoms with Crippen molar-refractivity contribution in [3.63, 3.8) is 0 Å². The molecule has 6 heteroatoms. The summed E-state index contributed by atoms with van der Waals surface area (Å²) in [6.45, 7) is 4.38. The highest BCUT2D eigenvalue weighted by Crippen LogP contribution is 2.36. The lowest BCUT2D eigenvalue weighted by atomic mass is 10.1. The Hall–Kier alpha value is -4.94. The van der Waals surface area contributed by atoms with Gasteiger partial charge in [0.1, 0.15) is 16.7 Å². The maximum absolute atomic E-state index is 5.12. The highest BCUT2D eigenvalue weighted by atomic mass is 32.2. The second-order valence-corrected chi connectivity index (χ2v) is 11.9. The number of pyridine rings is 3. The van der Waals surface area contributed by atoms with E-state index >= 15 is 0 Å². The third-order valence-electron chi connectivity index (χ3n) is 7.89. The molecule has 5 aromatic heterocycles. The molecule has 42 heavy (non-hydrogen) atoms. The molecule has 0 N–H and O–H groups in total. The summed E-state index contributed by atoms with van der Waals surface area (Å²) in [5.74, 6) is 2.22. The van der Waals surface area contributed by atoms with E-state index in [1.165, 1.54) is 16.3 Å². The number of hydrogen-bond donors (Lipinski definition) is 0. The van der Waals surface area contributed by atoms with Gasteiger partial charge >= 0.3 is 0 Å². The maximum atomic E-state index is 5.12. The Bertz CT molecular complexity index is 2210.